The molecule has 0 rings (SSSR count). The summed E-state index contributed by atoms with van der Waals surface area (Å²) in [5.74, 6) is 0.108. The predicted molar refractivity (Wildman–Crippen MR) is 54.3 cm³/mol. The zero-order chi connectivity index (χ0) is 10.1. The summed E-state index contributed by atoms with van der Waals surface area (Å²) in [6, 6.07) is 0. The van der Waals surface area contributed by atoms with Crippen molar-refractivity contribution >= 4 is 16.8 Å². The van der Waals surface area contributed by atoms with Gasteiger partial charge in [0.2, 0.25) is 0 Å². The van der Waals surface area contributed by atoms with Crippen LogP contribution in [-0.4, -0.2) is 26.8 Å². The second-order valence-corrected chi connectivity index (χ2v) is 4.75. The molecule has 0 saturated carbocycles. The first-order chi connectivity index (χ1) is 6.16. The summed E-state index contributed by atoms with van der Waals surface area (Å²) in [7, 11) is -0.925. The van der Waals surface area contributed by atoms with Gasteiger partial charge in [0.25, 0.3) is 0 Å². The minimum Gasteiger partial charge on any atom is -0.481 e. The fourth-order valence-corrected chi connectivity index (χ4v) is 2.13. The number of rotatable bonds is 8. The van der Waals surface area contributed by atoms with Gasteiger partial charge in [-0.25, -0.2) is 0 Å². The maximum atomic E-state index is 11.2. The van der Waals surface area contributed by atoms with Gasteiger partial charge in [-0.3, -0.25) is 9.00 Å². The number of unbranched alkanes of at least 4 members (excludes halogenated alkanes) is 3. The predicted octanol–water partition coefficient (Wildman–Crippen LogP) is 1.79. The molecule has 0 unspecified atom stereocenters. The molecule has 3 nitrogen and oxygen atoms in total. The molecule has 0 amide bonds. The van der Waals surface area contributed by atoms with Gasteiger partial charge < -0.3 is 5.11 Å². The Kier molecular flexibility index (Phi) is 7.99. The van der Waals surface area contributed by atoms with Crippen LogP contribution in [0.3, 0.4) is 0 Å². The lowest BCUT2D eigenvalue weighted by atomic mass is 10.2. The minimum atomic E-state index is -0.925. The van der Waals surface area contributed by atoms with Crippen molar-refractivity contribution < 1.29 is 14.1 Å². The molecule has 0 saturated heterocycles. The standard InChI is InChI=1S/C9H18O3S/c1-2-3-4-5-7-13(12)8-6-9(10)11/h2-8H2,1H3,(H,10,11)/t13-/m0/s1. The molecule has 13 heavy (non-hydrogen) atoms. The first-order valence-electron chi connectivity index (χ1n) is 4.73. The Balaban J connectivity index is 3.25. The zero-order valence-corrected chi connectivity index (χ0v) is 8.94. The van der Waals surface area contributed by atoms with Gasteiger partial charge >= 0.3 is 5.97 Å². The summed E-state index contributed by atoms with van der Waals surface area (Å²) >= 11 is 0. The Bertz CT molecular complexity index is 168. The van der Waals surface area contributed by atoms with Gasteiger partial charge in [-0.15, -0.1) is 0 Å². The van der Waals surface area contributed by atoms with Crippen LogP contribution in [0.25, 0.3) is 0 Å². The van der Waals surface area contributed by atoms with Crippen molar-refractivity contribution in [2.75, 3.05) is 11.5 Å². The Hall–Kier alpha value is -0.380. The van der Waals surface area contributed by atoms with Gasteiger partial charge in [0.05, 0.1) is 6.42 Å². The Morgan fingerprint density at radius 1 is 1.23 bits per heavy atom. The molecular formula is C9H18O3S. The third-order valence-corrected chi connectivity index (χ3v) is 3.17. The summed E-state index contributed by atoms with van der Waals surface area (Å²) in [5, 5.41) is 8.34. The van der Waals surface area contributed by atoms with Gasteiger partial charge in [-0.2, -0.15) is 0 Å². The van der Waals surface area contributed by atoms with E-state index in [0.717, 1.165) is 12.8 Å². The first-order valence-corrected chi connectivity index (χ1v) is 6.22. The third kappa shape index (κ3) is 9.53. The Morgan fingerprint density at radius 3 is 2.46 bits per heavy atom. The number of hydrogen-bond acceptors (Lipinski definition) is 2. The van der Waals surface area contributed by atoms with Crippen molar-refractivity contribution in [1.29, 1.82) is 0 Å². The summed E-state index contributed by atoms with van der Waals surface area (Å²) in [6.07, 6.45) is 4.44. The van der Waals surface area contributed by atoms with E-state index in [9.17, 15) is 9.00 Å². The van der Waals surface area contributed by atoms with Crippen LogP contribution in [0.2, 0.25) is 0 Å². The lowest BCUT2D eigenvalue weighted by Gasteiger charge is -1.99. The Morgan fingerprint density at radius 2 is 1.92 bits per heavy atom. The molecule has 0 aromatic rings. The van der Waals surface area contributed by atoms with Crippen LogP contribution in [0.4, 0.5) is 0 Å². The molecule has 0 aliphatic rings. The highest BCUT2D eigenvalue weighted by Crippen LogP contribution is 2.01. The molecule has 0 aliphatic heterocycles. The fourth-order valence-electron chi connectivity index (χ4n) is 0.993. The second kappa shape index (κ2) is 8.23. The largest absolute Gasteiger partial charge is 0.481 e. The average molecular weight is 206 g/mol. The van der Waals surface area contributed by atoms with Gasteiger partial charge in [-0.1, -0.05) is 26.2 Å². The molecular weight excluding hydrogens is 188 g/mol. The van der Waals surface area contributed by atoms with E-state index in [-0.39, 0.29) is 6.42 Å². The summed E-state index contributed by atoms with van der Waals surface area (Å²) in [4.78, 5) is 10.1. The maximum Gasteiger partial charge on any atom is 0.304 e. The normalized spacial score (nSPS) is 12.7. The number of hydrogen-bond donors (Lipinski definition) is 1. The lowest BCUT2D eigenvalue weighted by Crippen LogP contribution is -2.07. The lowest BCUT2D eigenvalue weighted by molar-refractivity contribution is -0.136. The van der Waals surface area contributed by atoms with Crippen molar-refractivity contribution in [2.24, 2.45) is 0 Å². The highest BCUT2D eigenvalue weighted by atomic mass is 32.2. The monoisotopic (exact) mass is 206 g/mol. The van der Waals surface area contributed by atoms with E-state index in [2.05, 4.69) is 6.92 Å². The molecule has 0 radical (unpaired) electrons. The van der Waals surface area contributed by atoms with Gasteiger partial charge in [0, 0.05) is 22.3 Å². The number of carbonyl (C=O) groups is 1. The quantitative estimate of drug-likeness (QED) is 0.616. The molecule has 78 valence electrons. The molecule has 1 atom stereocenters. The van der Waals surface area contributed by atoms with Crippen LogP contribution in [0.5, 0.6) is 0 Å². The van der Waals surface area contributed by atoms with Crippen molar-refractivity contribution in [1.82, 2.24) is 0 Å². The maximum absolute atomic E-state index is 11.2. The van der Waals surface area contributed by atoms with E-state index < -0.39 is 16.8 Å². The van der Waals surface area contributed by atoms with Crippen LogP contribution in [0.15, 0.2) is 0 Å². The van der Waals surface area contributed by atoms with E-state index in [1.807, 2.05) is 0 Å². The SMILES string of the molecule is CCCCCC[S@](=O)CCC(=O)O. The van der Waals surface area contributed by atoms with Crippen LogP contribution in [0.1, 0.15) is 39.0 Å². The average Bonchev–Trinajstić information content (AvgIpc) is 2.09. The van der Waals surface area contributed by atoms with Crippen LogP contribution in [0, 0.1) is 0 Å². The Labute approximate surface area is 82.0 Å². The zero-order valence-electron chi connectivity index (χ0n) is 8.12. The van der Waals surface area contributed by atoms with Crippen LogP contribution >= 0.6 is 0 Å². The van der Waals surface area contributed by atoms with E-state index >= 15 is 0 Å². The molecule has 4 heteroatoms. The van der Waals surface area contributed by atoms with Crippen molar-refractivity contribution in [2.45, 2.75) is 39.0 Å². The molecule has 0 heterocycles. The molecule has 0 aromatic carbocycles. The number of carboxylic acid groups (broad SMARTS) is 1. The second-order valence-electron chi connectivity index (χ2n) is 3.05. The van der Waals surface area contributed by atoms with Gasteiger partial charge in [0.1, 0.15) is 0 Å². The molecule has 1 N–H and O–H groups in total. The van der Waals surface area contributed by atoms with E-state index in [1.54, 1.807) is 0 Å². The van der Waals surface area contributed by atoms with E-state index in [1.165, 1.54) is 12.8 Å². The highest BCUT2D eigenvalue weighted by molar-refractivity contribution is 7.84. The summed E-state index contributed by atoms with van der Waals surface area (Å²) < 4.78 is 11.2. The van der Waals surface area contributed by atoms with Crippen molar-refractivity contribution in [3.8, 4) is 0 Å². The van der Waals surface area contributed by atoms with Gasteiger partial charge in [-0.05, 0) is 6.42 Å². The highest BCUT2D eigenvalue weighted by Gasteiger charge is 2.02. The van der Waals surface area contributed by atoms with Crippen LogP contribution < -0.4 is 0 Å². The number of carboxylic acids is 1. The third-order valence-electron chi connectivity index (χ3n) is 1.77. The van der Waals surface area contributed by atoms with Crippen LogP contribution in [-0.2, 0) is 15.6 Å². The van der Waals surface area contributed by atoms with E-state index in [0.29, 0.717) is 11.5 Å². The van der Waals surface area contributed by atoms with Crippen molar-refractivity contribution in [3.05, 3.63) is 0 Å². The summed E-state index contributed by atoms with van der Waals surface area (Å²) in [5.41, 5.74) is 0. The van der Waals surface area contributed by atoms with Crippen molar-refractivity contribution in [3.63, 3.8) is 0 Å². The van der Waals surface area contributed by atoms with Gasteiger partial charge in [0.15, 0.2) is 0 Å². The first kappa shape index (κ1) is 12.6. The molecule has 0 bridgehead atoms. The molecule has 0 fully saturated rings. The minimum absolute atomic E-state index is 0.0282. The summed E-state index contributed by atoms with van der Waals surface area (Å²) in [6.45, 7) is 2.13. The smallest absolute Gasteiger partial charge is 0.304 e. The fraction of sp³-hybridized carbons (Fsp3) is 0.889. The molecule has 0 aliphatic carbocycles. The topological polar surface area (TPSA) is 54.4 Å². The molecule has 0 spiro atoms. The molecule has 0 aromatic heterocycles. The van der Waals surface area contributed by atoms with E-state index in [4.69, 9.17) is 5.11 Å². The number of aliphatic carboxylic acids is 1.